The summed E-state index contributed by atoms with van der Waals surface area (Å²) in [7, 11) is 0. The SMILES string of the molecule is O=C(O)N(Cc1cc(C(F)(F)F)cc(C(F)(F)F)c1)Cc1cc(F)ccc1Br. The molecule has 0 saturated carbocycles. The van der Waals surface area contributed by atoms with Crippen LogP contribution in [0.4, 0.5) is 35.5 Å². The zero-order chi connectivity index (χ0) is 21.3. The van der Waals surface area contributed by atoms with E-state index in [0.29, 0.717) is 21.5 Å². The predicted octanol–water partition coefficient (Wildman–Crippen LogP) is 6.31. The second-order valence-electron chi connectivity index (χ2n) is 5.79. The van der Waals surface area contributed by atoms with Crippen molar-refractivity contribution in [2.45, 2.75) is 25.4 Å². The Morgan fingerprint density at radius 1 is 0.929 bits per heavy atom. The van der Waals surface area contributed by atoms with Crippen molar-refractivity contribution in [1.29, 1.82) is 0 Å². The molecule has 11 heteroatoms. The van der Waals surface area contributed by atoms with Crippen LogP contribution in [-0.2, 0) is 25.4 Å². The Morgan fingerprint density at radius 2 is 1.46 bits per heavy atom. The average molecular weight is 474 g/mol. The van der Waals surface area contributed by atoms with E-state index >= 15 is 0 Å². The molecular formula is C17H11BrF7NO2. The number of rotatable bonds is 4. The van der Waals surface area contributed by atoms with Crippen LogP contribution in [0.5, 0.6) is 0 Å². The van der Waals surface area contributed by atoms with Gasteiger partial charge in [0.25, 0.3) is 0 Å². The van der Waals surface area contributed by atoms with Crippen LogP contribution in [0.3, 0.4) is 0 Å². The molecule has 2 aromatic rings. The lowest BCUT2D eigenvalue weighted by atomic mass is 10.0. The van der Waals surface area contributed by atoms with Gasteiger partial charge in [0.05, 0.1) is 17.7 Å². The van der Waals surface area contributed by atoms with Gasteiger partial charge in [-0.05, 0) is 47.5 Å². The smallest absolute Gasteiger partial charge is 0.416 e. The minimum Gasteiger partial charge on any atom is -0.465 e. The van der Waals surface area contributed by atoms with Gasteiger partial charge in [-0.25, -0.2) is 9.18 Å². The lowest BCUT2D eigenvalue weighted by Crippen LogP contribution is -2.29. The van der Waals surface area contributed by atoms with Crippen LogP contribution in [0.2, 0.25) is 0 Å². The predicted molar refractivity (Wildman–Crippen MR) is 87.8 cm³/mol. The van der Waals surface area contributed by atoms with Gasteiger partial charge in [-0.15, -0.1) is 0 Å². The van der Waals surface area contributed by atoms with Crippen LogP contribution in [-0.4, -0.2) is 16.1 Å². The summed E-state index contributed by atoms with van der Waals surface area (Å²) in [5.41, 5.74) is -3.44. The molecule has 3 nitrogen and oxygen atoms in total. The Kier molecular flexibility index (Phi) is 6.27. The van der Waals surface area contributed by atoms with E-state index in [0.717, 1.165) is 12.1 Å². The van der Waals surface area contributed by atoms with E-state index in [9.17, 15) is 40.6 Å². The first-order valence-corrected chi connectivity index (χ1v) is 8.27. The summed E-state index contributed by atoms with van der Waals surface area (Å²) < 4.78 is 91.3. The molecule has 2 rings (SSSR count). The third-order valence-corrected chi connectivity index (χ3v) is 4.43. The van der Waals surface area contributed by atoms with Crippen LogP contribution < -0.4 is 0 Å². The Balaban J connectivity index is 2.41. The normalized spacial score (nSPS) is 12.1. The summed E-state index contributed by atoms with van der Waals surface area (Å²) in [4.78, 5) is 12.0. The number of alkyl halides is 6. The van der Waals surface area contributed by atoms with Crippen molar-refractivity contribution in [3.05, 3.63) is 68.9 Å². The molecule has 0 atom stereocenters. The second kappa shape index (κ2) is 7.98. The van der Waals surface area contributed by atoms with E-state index in [-0.39, 0.29) is 11.6 Å². The first-order valence-electron chi connectivity index (χ1n) is 7.47. The van der Waals surface area contributed by atoms with Crippen LogP contribution in [0, 0.1) is 5.82 Å². The fraction of sp³-hybridized carbons (Fsp3) is 0.235. The largest absolute Gasteiger partial charge is 0.465 e. The fourth-order valence-electron chi connectivity index (χ4n) is 2.39. The minimum atomic E-state index is -5.05. The Labute approximate surface area is 162 Å². The van der Waals surface area contributed by atoms with E-state index in [1.54, 1.807) is 0 Å². The zero-order valence-electron chi connectivity index (χ0n) is 13.7. The molecule has 0 unspecified atom stereocenters. The molecular weight excluding hydrogens is 463 g/mol. The van der Waals surface area contributed by atoms with Gasteiger partial charge < -0.3 is 5.11 Å². The highest BCUT2D eigenvalue weighted by Gasteiger charge is 2.37. The van der Waals surface area contributed by atoms with Crippen molar-refractivity contribution < 1.29 is 40.6 Å². The monoisotopic (exact) mass is 473 g/mol. The van der Waals surface area contributed by atoms with Crippen LogP contribution in [0.1, 0.15) is 22.3 Å². The number of benzene rings is 2. The number of hydrogen-bond donors (Lipinski definition) is 1. The van der Waals surface area contributed by atoms with E-state index in [4.69, 9.17) is 0 Å². The summed E-state index contributed by atoms with van der Waals surface area (Å²) in [6, 6.07) is 4.26. The average Bonchev–Trinajstić information content (AvgIpc) is 2.55. The van der Waals surface area contributed by atoms with Crippen molar-refractivity contribution in [2.24, 2.45) is 0 Å². The van der Waals surface area contributed by atoms with E-state index in [1.165, 1.54) is 6.07 Å². The van der Waals surface area contributed by atoms with Gasteiger partial charge in [0.15, 0.2) is 0 Å². The highest BCUT2D eigenvalue weighted by Crippen LogP contribution is 2.36. The second-order valence-corrected chi connectivity index (χ2v) is 6.64. The number of carboxylic acid groups (broad SMARTS) is 1. The minimum absolute atomic E-state index is 0.0439. The third kappa shape index (κ3) is 5.60. The maximum absolute atomic E-state index is 13.4. The molecule has 0 heterocycles. The van der Waals surface area contributed by atoms with E-state index in [2.05, 4.69) is 15.9 Å². The summed E-state index contributed by atoms with van der Waals surface area (Å²) in [6.07, 6.45) is -11.7. The molecule has 0 aliphatic heterocycles. The zero-order valence-corrected chi connectivity index (χ0v) is 15.3. The van der Waals surface area contributed by atoms with Gasteiger partial charge in [0.1, 0.15) is 5.82 Å². The van der Waals surface area contributed by atoms with E-state index < -0.39 is 54.0 Å². The molecule has 0 aromatic heterocycles. The van der Waals surface area contributed by atoms with Crippen molar-refractivity contribution in [3.63, 3.8) is 0 Å². The number of amides is 1. The molecule has 0 aliphatic carbocycles. The van der Waals surface area contributed by atoms with Crippen LogP contribution in [0.25, 0.3) is 0 Å². The lowest BCUT2D eigenvalue weighted by molar-refractivity contribution is -0.143. The van der Waals surface area contributed by atoms with Gasteiger partial charge in [-0.3, -0.25) is 4.90 Å². The van der Waals surface area contributed by atoms with Crippen molar-refractivity contribution in [1.82, 2.24) is 4.90 Å². The number of carbonyl (C=O) groups is 1. The molecule has 0 saturated heterocycles. The molecule has 0 bridgehead atoms. The van der Waals surface area contributed by atoms with Gasteiger partial charge in [-0.1, -0.05) is 15.9 Å². The highest BCUT2D eigenvalue weighted by molar-refractivity contribution is 9.10. The van der Waals surface area contributed by atoms with E-state index in [1.807, 2.05) is 0 Å². The summed E-state index contributed by atoms with van der Waals surface area (Å²) in [5.74, 6) is -0.679. The lowest BCUT2D eigenvalue weighted by Gasteiger charge is -2.22. The van der Waals surface area contributed by atoms with Gasteiger partial charge in [0.2, 0.25) is 0 Å². The molecule has 2 aromatic carbocycles. The molecule has 0 spiro atoms. The first kappa shape index (κ1) is 22.0. The number of hydrogen-bond acceptors (Lipinski definition) is 1. The summed E-state index contributed by atoms with van der Waals surface area (Å²) in [5, 5.41) is 9.29. The molecule has 152 valence electrons. The van der Waals surface area contributed by atoms with Crippen LogP contribution in [0.15, 0.2) is 40.9 Å². The molecule has 0 radical (unpaired) electrons. The number of halogens is 8. The quantitative estimate of drug-likeness (QED) is 0.529. The number of nitrogens with zero attached hydrogens (tertiary/aromatic N) is 1. The van der Waals surface area contributed by atoms with Gasteiger partial charge in [0, 0.05) is 11.0 Å². The molecule has 1 N–H and O–H groups in total. The first-order chi connectivity index (χ1) is 12.8. The Hall–Kier alpha value is -2.30. The standard InChI is InChI=1S/C17H11BrF7NO2/c18-14-2-1-13(19)5-10(14)8-26(15(27)28)7-9-3-11(16(20,21)22)6-12(4-9)17(23,24)25/h1-6H,7-8H2,(H,27,28). The topological polar surface area (TPSA) is 40.5 Å². The van der Waals surface area contributed by atoms with Crippen LogP contribution >= 0.6 is 15.9 Å². The van der Waals surface area contributed by atoms with Crippen molar-refractivity contribution >= 4 is 22.0 Å². The summed E-state index contributed by atoms with van der Waals surface area (Å²) >= 11 is 3.09. The molecule has 0 fully saturated rings. The van der Waals surface area contributed by atoms with Gasteiger partial charge in [-0.2, -0.15) is 26.3 Å². The van der Waals surface area contributed by atoms with Crippen molar-refractivity contribution in [2.75, 3.05) is 0 Å². The molecule has 28 heavy (non-hydrogen) atoms. The highest BCUT2D eigenvalue weighted by atomic mass is 79.9. The molecule has 0 aliphatic rings. The summed E-state index contributed by atoms with van der Waals surface area (Å²) in [6.45, 7) is -1.21. The third-order valence-electron chi connectivity index (χ3n) is 3.66. The fourth-order valence-corrected chi connectivity index (χ4v) is 2.76. The van der Waals surface area contributed by atoms with Crippen molar-refractivity contribution in [3.8, 4) is 0 Å². The Bertz CT molecular complexity index is 849. The maximum Gasteiger partial charge on any atom is 0.416 e. The van der Waals surface area contributed by atoms with Gasteiger partial charge >= 0.3 is 18.4 Å². The maximum atomic E-state index is 13.4. The Morgan fingerprint density at radius 3 is 1.93 bits per heavy atom. The molecule has 1 amide bonds.